The van der Waals surface area contributed by atoms with Gasteiger partial charge in [0.2, 0.25) is 5.91 Å². The summed E-state index contributed by atoms with van der Waals surface area (Å²) >= 11 is 0. The molecule has 0 spiro atoms. The zero-order valence-corrected chi connectivity index (χ0v) is 12.5. The molecule has 0 bridgehead atoms. The van der Waals surface area contributed by atoms with Gasteiger partial charge in [0, 0.05) is 31.5 Å². The van der Waals surface area contributed by atoms with Crippen molar-refractivity contribution in [2.24, 2.45) is 0 Å². The Balaban J connectivity index is 1.83. The van der Waals surface area contributed by atoms with Gasteiger partial charge in [-0.15, -0.1) is 0 Å². The quantitative estimate of drug-likeness (QED) is 0.845. The minimum atomic E-state index is -0.417. The Hall–Kier alpha value is -1.68. The maximum absolute atomic E-state index is 12.1. The van der Waals surface area contributed by atoms with Crippen molar-refractivity contribution in [1.82, 2.24) is 4.90 Å². The maximum atomic E-state index is 12.1. The number of aliphatic hydroxyl groups is 1. The highest BCUT2D eigenvalue weighted by molar-refractivity contribution is 5.98. The van der Waals surface area contributed by atoms with E-state index < -0.39 is 6.10 Å². The normalized spacial score (nSPS) is 18.6. The Bertz CT molecular complexity index is 495. The van der Waals surface area contributed by atoms with E-state index in [1.165, 1.54) is 5.56 Å². The number of hydrogen-bond acceptors (Lipinski definition) is 3. The lowest BCUT2D eigenvalue weighted by atomic mass is 10.0. The molecule has 4 heteroatoms. The van der Waals surface area contributed by atoms with Crippen LogP contribution in [-0.4, -0.2) is 40.9 Å². The number of rotatable bonds is 5. The van der Waals surface area contributed by atoms with Gasteiger partial charge in [0.25, 0.3) is 0 Å². The lowest BCUT2D eigenvalue weighted by molar-refractivity contribution is -0.134. The summed E-state index contributed by atoms with van der Waals surface area (Å²) in [6.07, 6.45) is 2.58. The molecule has 0 radical (unpaired) electrons. The number of ketones is 1. The Labute approximate surface area is 125 Å². The van der Waals surface area contributed by atoms with E-state index in [2.05, 4.69) is 6.92 Å². The second kappa shape index (κ2) is 7.36. The summed E-state index contributed by atoms with van der Waals surface area (Å²) in [5.41, 5.74) is 1.86. The lowest BCUT2D eigenvalue weighted by Gasteiger charge is -2.30. The van der Waals surface area contributed by atoms with Crippen LogP contribution in [0.1, 0.15) is 48.5 Å². The van der Waals surface area contributed by atoms with Crippen LogP contribution in [0.5, 0.6) is 0 Å². The van der Waals surface area contributed by atoms with Crippen LogP contribution in [-0.2, 0) is 11.2 Å². The van der Waals surface area contributed by atoms with Crippen LogP contribution in [0.25, 0.3) is 0 Å². The summed E-state index contributed by atoms with van der Waals surface area (Å²) in [6.45, 7) is 3.16. The maximum Gasteiger partial charge on any atom is 0.223 e. The molecule has 0 aliphatic carbocycles. The van der Waals surface area contributed by atoms with Crippen LogP contribution in [0, 0.1) is 0 Å². The first-order valence-corrected chi connectivity index (χ1v) is 7.68. The summed E-state index contributed by atoms with van der Waals surface area (Å²) < 4.78 is 0. The third kappa shape index (κ3) is 4.39. The Morgan fingerprint density at radius 1 is 1.24 bits per heavy atom. The summed E-state index contributed by atoms with van der Waals surface area (Å²) in [5.74, 6) is -0.0316. The molecular weight excluding hydrogens is 266 g/mol. The van der Waals surface area contributed by atoms with E-state index in [-0.39, 0.29) is 24.5 Å². The van der Waals surface area contributed by atoms with Gasteiger partial charge in [-0.25, -0.2) is 0 Å². The highest BCUT2D eigenvalue weighted by atomic mass is 16.3. The number of Topliss-reactive ketones (excluding diaryl/α,β-unsaturated/α-hetero) is 1. The molecule has 1 atom stereocenters. The van der Waals surface area contributed by atoms with Crippen LogP contribution in [0.2, 0.25) is 0 Å². The van der Waals surface area contributed by atoms with Crippen LogP contribution >= 0.6 is 0 Å². The summed E-state index contributed by atoms with van der Waals surface area (Å²) in [4.78, 5) is 25.8. The van der Waals surface area contributed by atoms with Crippen molar-refractivity contribution in [3.05, 3.63) is 35.4 Å². The number of carbonyl (C=O) groups excluding carboxylic acids is 2. The van der Waals surface area contributed by atoms with Gasteiger partial charge >= 0.3 is 0 Å². The highest BCUT2D eigenvalue weighted by Crippen LogP contribution is 2.13. The molecule has 1 aromatic carbocycles. The molecule has 1 aliphatic heterocycles. The van der Waals surface area contributed by atoms with Crippen molar-refractivity contribution in [3.8, 4) is 0 Å². The molecule has 1 heterocycles. The molecule has 1 fully saturated rings. The van der Waals surface area contributed by atoms with Gasteiger partial charge < -0.3 is 10.0 Å². The number of aryl methyl sites for hydroxylation is 1. The van der Waals surface area contributed by atoms with Gasteiger partial charge in [-0.1, -0.05) is 31.2 Å². The molecule has 2 rings (SSSR count). The average molecular weight is 289 g/mol. The Morgan fingerprint density at radius 3 is 2.57 bits per heavy atom. The van der Waals surface area contributed by atoms with Gasteiger partial charge in [-0.05, 0) is 24.8 Å². The van der Waals surface area contributed by atoms with Gasteiger partial charge in [0.05, 0.1) is 6.10 Å². The highest BCUT2D eigenvalue weighted by Gasteiger charge is 2.22. The number of hydrogen-bond donors (Lipinski definition) is 1. The number of aliphatic hydroxyl groups excluding tert-OH is 1. The zero-order valence-electron chi connectivity index (χ0n) is 12.5. The minimum absolute atomic E-state index is 0.00330. The molecule has 21 heavy (non-hydrogen) atoms. The molecule has 4 nitrogen and oxygen atoms in total. The summed E-state index contributed by atoms with van der Waals surface area (Å²) in [7, 11) is 0. The van der Waals surface area contributed by atoms with E-state index in [9.17, 15) is 14.7 Å². The average Bonchev–Trinajstić information content (AvgIpc) is 2.52. The first kappa shape index (κ1) is 15.7. The van der Waals surface area contributed by atoms with E-state index in [1.54, 1.807) is 4.90 Å². The van der Waals surface area contributed by atoms with E-state index in [1.807, 2.05) is 24.3 Å². The predicted octanol–water partition coefficient (Wildman–Crippen LogP) is 2.20. The number of piperidine rings is 1. The van der Waals surface area contributed by atoms with E-state index in [4.69, 9.17) is 0 Å². The van der Waals surface area contributed by atoms with Crippen LogP contribution in [0.3, 0.4) is 0 Å². The molecule has 1 amide bonds. The first-order valence-electron chi connectivity index (χ1n) is 7.68. The number of carbonyl (C=O) groups is 2. The lowest BCUT2D eigenvalue weighted by Crippen LogP contribution is -2.42. The van der Waals surface area contributed by atoms with Crippen molar-refractivity contribution in [2.75, 3.05) is 13.1 Å². The number of likely N-dealkylation sites (tertiary alicyclic amines) is 1. The molecule has 1 aliphatic rings. The largest absolute Gasteiger partial charge is 0.391 e. The van der Waals surface area contributed by atoms with Crippen molar-refractivity contribution in [2.45, 2.75) is 45.1 Å². The third-order valence-electron chi connectivity index (χ3n) is 4.00. The predicted molar refractivity (Wildman–Crippen MR) is 81.2 cm³/mol. The molecule has 1 aromatic rings. The van der Waals surface area contributed by atoms with Gasteiger partial charge in [0.15, 0.2) is 5.78 Å². The van der Waals surface area contributed by atoms with Crippen molar-refractivity contribution < 1.29 is 14.7 Å². The summed E-state index contributed by atoms with van der Waals surface area (Å²) in [6, 6.07) is 7.57. The standard InChI is InChI=1S/C17H23NO3/c1-2-13-5-7-14(8-6-13)16(20)9-10-17(21)18-11-3-4-15(19)12-18/h5-8,15,19H,2-4,9-12H2,1H3. The van der Waals surface area contributed by atoms with Crippen molar-refractivity contribution in [1.29, 1.82) is 0 Å². The van der Waals surface area contributed by atoms with Gasteiger partial charge in [-0.2, -0.15) is 0 Å². The Morgan fingerprint density at radius 2 is 1.95 bits per heavy atom. The topological polar surface area (TPSA) is 57.6 Å². The molecule has 1 saturated heterocycles. The van der Waals surface area contributed by atoms with Gasteiger partial charge in [0.1, 0.15) is 0 Å². The Kier molecular flexibility index (Phi) is 5.51. The molecule has 0 saturated carbocycles. The first-order chi connectivity index (χ1) is 10.1. The zero-order chi connectivity index (χ0) is 15.2. The SMILES string of the molecule is CCc1ccc(C(=O)CCC(=O)N2CCCC(O)C2)cc1. The van der Waals surface area contributed by atoms with Crippen LogP contribution in [0.15, 0.2) is 24.3 Å². The molecule has 1 N–H and O–H groups in total. The second-order valence-electron chi connectivity index (χ2n) is 5.61. The fourth-order valence-electron chi connectivity index (χ4n) is 2.63. The number of nitrogens with zero attached hydrogens (tertiary/aromatic N) is 1. The van der Waals surface area contributed by atoms with Crippen molar-refractivity contribution >= 4 is 11.7 Å². The van der Waals surface area contributed by atoms with E-state index >= 15 is 0 Å². The monoisotopic (exact) mass is 289 g/mol. The number of benzene rings is 1. The fraction of sp³-hybridized carbons (Fsp3) is 0.529. The minimum Gasteiger partial charge on any atom is -0.391 e. The third-order valence-corrected chi connectivity index (χ3v) is 4.00. The number of amides is 1. The van der Waals surface area contributed by atoms with E-state index in [0.717, 1.165) is 19.3 Å². The summed E-state index contributed by atoms with van der Waals surface area (Å²) in [5, 5.41) is 9.57. The van der Waals surface area contributed by atoms with Crippen LogP contribution in [0.4, 0.5) is 0 Å². The number of β-amino-alcohol motifs (C(OH)–C–C–N with tert-alkyl or cyclic N) is 1. The molecular formula is C17H23NO3. The van der Waals surface area contributed by atoms with Crippen LogP contribution < -0.4 is 0 Å². The second-order valence-corrected chi connectivity index (χ2v) is 5.61. The van der Waals surface area contributed by atoms with Gasteiger partial charge in [-0.3, -0.25) is 9.59 Å². The molecule has 114 valence electrons. The van der Waals surface area contributed by atoms with E-state index in [0.29, 0.717) is 18.7 Å². The molecule has 1 unspecified atom stereocenters. The fourth-order valence-corrected chi connectivity index (χ4v) is 2.63. The molecule has 0 aromatic heterocycles. The smallest absolute Gasteiger partial charge is 0.223 e. The van der Waals surface area contributed by atoms with Crippen molar-refractivity contribution in [3.63, 3.8) is 0 Å².